The Kier molecular flexibility index (Phi) is 10.9. The average Bonchev–Trinajstić information content (AvgIpc) is 3.76. The van der Waals surface area contributed by atoms with Gasteiger partial charge in [-0.15, -0.1) is 0 Å². The van der Waals surface area contributed by atoms with Crippen molar-refractivity contribution in [1.82, 2.24) is 0 Å². The Labute approximate surface area is 400 Å². The number of para-hydroxylation sites is 1. The fourth-order valence-corrected chi connectivity index (χ4v) is 10.4. The SMILES string of the molecule is C1=CC2=C(CC1)C1CC(c3ccc(-c4ccc(N(c5ccc(-c6ccc(-c7ccccc7)cc6)cc5)c5ccc(-c6ccc(-c7ccccc7)cc6)cc5)cc4)cc3)=CC=C1N2c1ccccc1. The molecule has 0 N–H and O–H groups in total. The summed E-state index contributed by atoms with van der Waals surface area (Å²) in [5.74, 6) is 0.413. The molecule has 2 aliphatic carbocycles. The largest absolute Gasteiger partial charge is 0.314 e. The van der Waals surface area contributed by atoms with Crippen LogP contribution in [0.5, 0.6) is 0 Å². The van der Waals surface area contributed by atoms with Gasteiger partial charge in [0.25, 0.3) is 0 Å². The van der Waals surface area contributed by atoms with Crippen LogP contribution >= 0.6 is 0 Å². The van der Waals surface area contributed by atoms with Crippen LogP contribution in [0.2, 0.25) is 0 Å². The Bertz CT molecular complexity index is 3200. The number of nitrogens with zero attached hydrogens (tertiary/aromatic N) is 2. The maximum Gasteiger partial charge on any atom is 0.0462 e. The molecule has 0 spiro atoms. The third-order valence-corrected chi connectivity index (χ3v) is 14.0. The molecule has 9 aromatic rings. The van der Waals surface area contributed by atoms with Crippen molar-refractivity contribution < 1.29 is 0 Å². The standard InChI is InChI=1S/C66H50N2/c1-4-12-47(13-5-1)49-20-24-51(25-21-49)54-32-39-60(40-33-54)67(61-41-34-55(35-42-61)52-26-22-50(23-27-52)48-14-6-2-7-15-48)62-43-36-56(37-44-62)53-28-30-57(31-29-53)58-38-45-66-64(46-58)63-18-10-11-19-65(63)68(66)59-16-8-3-9-17-59/h1-9,11-17,19-45,64H,10,18,46H2. The van der Waals surface area contributed by atoms with Crippen LogP contribution in [0.4, 0.5) is 22.7 Å². The summed E-state index contributed by atoms with van der Waals surface area (Å²) in [7, 11) is 0. The van der Waals surface area contributed by atoms with Gasteiger partial charge in [0.2, 0.25) is 0 Å². The second-order valence-corrected chi connectivity index (χ2v) is 18.0. The first kappa shape index (κ1) is 41.0. The van der Waals surface area contributed by atoms with Gasteiger partial charge in [0.05, 0.1) is 0 Å². The zero-order chi connectivity index (χ0) is 45.2. The van der Waals surface area contributed by atoms with Crippen molar-refractivity contribution in [2.45, 2.75) is 19.3 Å². The molecule has 2 nitrogen and oxygen atoms in total. The molecule has 2 heteroatoms. The topological polar surface area (TPSA) is 6.48 Å². The summed E-state index contributed by atoms with van der Waals surface area (Å²) < 4.78 is 0. The van der Waals surface area contributed by atoms with Crippen molar-refractivity contribution >= 4 is 28.3 Å². The quantitative estimate of drug-likeness (QED) is 0.135. The highest BCUT2D eigenvalue weighted by atomic mass is 15.2. The average molecular weight is 871 g/mol. The number of hydrogen-bond donors (Lipinski definition) is 0. The van der Waals surface area contributed by atoms with E-state index < -0.39 is 0 Å². The van der Waals surface area contributed by atoms with Crippen LogP contribution in [0.15, 0.2) is 278 Å². The summed E-state index contributed by atoms with van der Waals surface area (Å²) in [6.45, 7) is 0. The number of allylic oxidation sites excluding steroid dienone is 6. The van der Waals surface area contributed by atoms with E-state index in [1.165, 1.54) is 83.9 Å². The van der Waals surface area contributed by atoms with Crippen molar-refractivity contribution in [3.05, 3.63) is 283 Å². The highest BCUT2D eigenvalue weighted by molar-refractivity contribution is 5.83. The molecular weight excluding hydrogens is 821 g/mol. The van der Waals surface area contributed by atoms with E-state index in [0.29, 0.717) is 5.92 Å². The van der Waals surface area contributed by atoms with Gasteiger partial charge >= 0.3 is 0 Å². The molecule has 12 rings (SSSR count). The summed E-state index contributed by atoms with van der Waals surface area (Å²) in [5.41, 5.74) is 23.7. The van der Waals surface area contributed by atoms with E-state index in [1.54, 1.807) is 5.57 Å². The van der Waals surface area contributed by atoms with Gasteiger partial charge in [0, 0.05) is 40.1 Å². The molecule has 68 heavy (non-hydrogen) atoms. The molecule has 3 aliphatic rings. The number of anilines is 4. The zero-order valence-corrected chi connectivity index (χ0v) is 37.9. The third-order valence-electron chi connectivity index (χ3n) is 14.0. The molecule has 0 fully saturated rings. The monoisotopic (exact) mass is 870 g/mol. The molecule has 1 atom stereocenters. The number of rotatable bonds is 10. The summed E-state index contributed by atoms with van der Waals surface area (Å²) in [6, 6.07) is 85.9. The van der Waals surface area contributed by atoms with Gasteiger partial charge in [-0.1, -0.05) is 200 Å². The predicted octanol–water partition coefficient (Wildman–Crippen LogP) is 17.9. The van der Waals surface area contributed by atoms with Crippen LogP contribution in [0.25, 0.3) is 61.2 Å². The molecular formula is C66H50N2. The fourth-order valence-electron chi connectivity index (χ4n) is 10.4. The minimum atomic E-state index is 0.413. The van der Waals surface area contributed by atoms with E-state index in [2.05, 4.69) is 271 Å². The first-order valence-corrected chi connectivity index (χ1v) is 23.9. The lowest BCUT2D eigenvalue weighted by Crippen LogP contribution is -2.20. The second kappa shape index (κ2) is 18.1. The van der Waals surface area contributed by atoms with Crippen molar-refractivity contribution in [2.75, 3.05) is 9.80 Å². The van der Waals surface area contributed by atoms with Gasteiger partial charge in [-0.05, 0) is 152 Å². The summed E-state index contributed by atoms with van der Waals surface area (Å²) in [5, 5.41) is 0. The summed E-state index contributed by atoms with van der Waals surface area (Å²) >= 11 is 0. The molecule has 0 aromatic heterocycles. The normalized spacial score (nSPS) is 15.1. The van der Waals surface area contributed by atoms with E-state index in [0.717, 1.165) is 36.3 Å². The molecule has 1 unspecified atom stereocenters. The third kappa shape index (κ3) is 8.01. The second-order valence-electron chi connectivity index (χ2n) is 18.0. The molecule has 1 heterocycles. The van der Waals surface area contributed by atoms with Crippen LogP contribution in [0, 0.1) is 5.92 Å². The van der Waals surface area contributed by atoms with Crippen molar-refractivity contribution in [3.63, 3.8) is 0 Å². The lowest BCUT2D eigenvalue weighted by atomic mass is 9.82. The smallest absolute Gasteiger partial charge is 0.0462 e. The molecule has 0 radical (unpaired) electrons. The van der Waals surface area contributed by atoms with Gasteiger partial charge in [-0.2, -0.15) is 0 Å². The van der Waals surface area contributed by atoms with Gasteiger partial charge in [-0.3, -0.25) is 0 Å². The van der Waals surface area contributed by atoms with Crippen molar-refractivity contribution in [3.8, 4) is 55.6 Å². The molecule has 1 aliphatic heterocycles. The Morgan fingerprint density at radius 3 is 1.12 bits per heavy atom. The van der Waals surface area contributed by atoms with Crippen LogP contribution in [0.1, 0.15) is 24.8 Å². The van der Waals surface area contributed by atoms with E-state index in [-0.39, 0.29) is 0 Å². The number of hydrogen-bond acceptors (Lipinski definition) is 2. The molecule has 9 aromatic carbocycles. The van der Waals surface area contributed by atoms with Crippen LogP contribution < -0.4 is 9.80 Å². The summed E-state index contributed by atoms with van der Waals surface area (Å²) in [6.07, 6.45) is 12.7. The lowest BCUT2D eigenvalue weighted by Gasteiger charge is -2.28. The molecule has 0 saturated heterocycles. The van der Waals surface area contributed by atoms with Gasteiger partial charge in [0.15, 0.2) is 0 Å². The van der Waals surface area contributed by atoms with Crippen LogP contribution in [-0.4, -0.2) is 0 Å². The Hall–Kier alpha value is -8.46. The van der Waals surface area contributed by atoms with E-state index >= 15 is 0 Å². The minimum Gasteiger partial charge on any atom is -0.314 e. The minimum absolute atomic E-state index is 0.413. The highest BCUT2D eigenvalue weighted by Gasteiger charge is 2.38. The van der Waals surface area contributed by atoms with Crippen molar-refractivity contribution in [1.29, 1.82) is 0 Å². The van der Waals surface area contributed by atoms with E-state index in [9.17, 15) is 0 Å². The van der Waals surface area contributed by atoms with E-state index in [1.807, 2.05) is 0 Å². The van der Waals surface area contributed by atoms with Crippen LogP contribution in [0.3, 0.4) is 0 Å². The van der Waals surface area contributed by atoms with E-state index in [4.69, 9.17) is 0 Å². The number of fused-ring (bicyclic) bond motifs is 2. The lowest BCUT2D eigenvalue weighted by molar-refractivity contribution is 0.704. The molecule has 0 bridgehead atoms. The Balaban J connectivity index is 0.817. The highest BCUT2D eigenvalue weighted by Crippen LogP contribution is 2.50. The Morgan fingerprint density at radius 1 is 0.353 bits per heavy atom. The fraction of sp³-hybridized carbons (Fsp3) is 0.0606. The summed E-state index contributed by atoms with van der Waals surface area (Å²) in [4.78, 5) is 4.85. The van der Waals surface area contributed by atoms with Crippen molar-refractivity contribution in [2.24, 2.45) is 5.92 Å². The molecule has 324 valence electrons. The predicted molar refractivity (Wildman–Crippen MR) is 287 cm³/mol. The van der Waals surface area contributed by atoms with Gasteiger partial charge in [0.1, 0.15) is 0 Å². The first-order chi connectivity index (χ1) is 33.7. The molecule has 0 saturated carbocycles. The number of benzene rings is 9. The zero-order valence-electron chi connectivity index (χ0n) is 37.9. The van der Waals surface area contributed by atoms with Gasteiger partial charge < -0.3 is 9.80 Å². The van der Waals surface area contributed by atoms with Crippen LogP contribution in [-0.2, 0) is 0 Å². The van der Waals surface area contributed by atoms with Gasteiger partial charge in [-0.25, -0.2) is 0 Å². The maximum atomic E-state index is 2.49. The first-order valence-electron chi connectivity index (χ1n) is 23.9. The molecule has 0 amide bonds. The Morgan fingerprint density at radius 2 is 0.706 bits per heavy atom. The maximum absolute atomic E-state index is 2.49.